The molecule has 4 rings (SSSR count). The number of ether oxygens (including phenoxy) is 1. The fourth-order valence-electron chi connectivity index (χ4n) is 3.63. The van der Waals surface area contributed by atoms with Crippen LogP contribution < -0.4 is 10.2 Å². The number of rotatable bonds is 6. The van der Waals surface area contributed by atoms with Gasteiger partial charge in [0.15, 0.2) is 0 Å². The molecular weight excluding hydrogens is 342 g/mol. The van der Waals surface area contributed by atoms with Crippen molar-refractivity contribution in [3.8, 4) is 0 Å². The summed E-state index contributed by atoms with van der Waals surface area (Å²) >= 11 is 0. The van der Waals surface area contributed by atoms with Gasteiger partial charge in [0, 0.05) is 55.6 Å². The molecule has 2 aliphatic rings. The van der Waals surface area contributed by atoms with Gasteiger partial charge in [-0.25, -0.2) is 9.97 Å². The molecular formula is C20H25N5O2. The van der Waals surface area contributed by atoms with Gasteiger partial charge in [0.05, 0.1) is 13.2 Å². The third-order valence-corrected chi connectivity index (χ3v) is 5.29. The van der Waals surface area contributed by atoms with Gasteiger partial charge in [-0.15, -0.1) is 0 Å². The smallest absolute Gasteiger partial charge is 0.220 e. The third kappa shape index (κ3) is 4.60. The first-order valence-corrected chi connectivity index (χ1v) is 9.61. The number of aromatic nitrogens is 3. The van der Waals surface area contributed by atoms with Crippen molar-refractivity contribution in [3.05, 3.63) is 48.2 Å². The fraction of sp³-hybridized carbons (Fsp3) is 0.500. The van der Waals surface area contributed by atoms with Crippen LogP contribution >= 0.6 is 0 Å². The number of morpholine rings is 1. The minimum atomic E-state index is 0.110. The van der Waals surface area contributed by atoms with Crippen LogP contribution in [0.3, 0.4) is 0 Å². The van der Waals surface area contributed by atoms with Gasteiger partial charge < -0.3 is 15.0 Å². The SMILES string of the molecule is O=C(CCc1cccnc1)NC1CC(c2cc(N3CCOCC3)ncn2)C1. The Bertz CT molecular complexity index is 758. The van der Waals surface area contributed by atoms with E-state index in [9.17, 15) is 4.79 Å². The van der Waals surface area contributed by atoms with Gasteiger partial charge in [0.25, 0.3) is 0 Å². The Morgan fingerprint density at radius 1 is 1.26 bits per heavy atom. The quantitative estimate of drug-likeness (QED) is 0.837. The average Bonchev–Trinajstić information content (AvgIpc) is 2.70. The van der Waals surface area contributed by atoms with Crippen molar-refractivity contribution < 1.29 is 9.53 Å². The largest absolute Gasteiger partial charge is 0.378 e. The number of carbonyl (C=O) groups is 1. The number of nitrogens with zero attached hydrogens (tertiary/aromatic N) is 4. The van der Waals surface area contributed by atoms with Gasteiger partial charge >= 0.3 is 0 Å². The van der Waals surface area contributed by atoms with Crippen LogP contribution in [0.1, 0.15) is 36.4 Å². The molecule has 1 aliphatic heterocycles. The highest BCUT2D eigenvalue weighted by atomic mass is 16.5. The number of anilines is 1. The lowest BCUT2D eigenvalue weighted by Gasteiger charge is -2.36. The summed E-state index contributed by atoms with van der Waals surface area (Å²) in [5.74, 6) is 1.49. The van der Waals surface area contributed by atoms with E-state index in [1.165, 1.54) is 0 Å². The zero-order chi connectivity index (χ0) is 18.5. The van der Waals surface area contributed by atoms with E-state index in [4.69, 9.17) is 4.74 Å². The van der Waals surface area contributed by atoms with Crippen molar-refractivity contribution in [2.24, 2.45) is 0 Å². The molecule has 1 saturated carbocycles. The van der Waals surface area contributed by atoms with E-state index in [-0.39, 0.29) is 11.9 Å². The summed E-state index contributed by atoms with van der Waals surface area (Å²) in [7, 11) is 0. The first-order chi connectivity index (χ1) is 13.3. The molecule has 0 radical (unpaired) electrons. The van der Waals surface area contributed by atoms with E-state index in [0.29, 0.717) is 12.3 Å². The minimum Gasteiger partial charge on any atom is -0.378 e. The summed E-state index contributed by atoms with van der Waals surface area (Å²) in [6.07, 6.45) is 8.33. The van der Waals surface area contributed by atoms with Crippen molar-refractivity contribution in [2.75, 3.05) is 31.2 Å². The predicted molar refractivity (Wildman–Crippen MR) is 102 cm³/mol. The van der Waals surface area contributed by atoms with Gasteiger partial charge in [-0.2, -0.15) is 0 Å². The van der Waals surface area contributed by atoms with E-state index in [1.54, 1.807) is 12.5 Å². The van der Waals surface area contributed by atoms with Crippen molar-refractivity contribution in [2.45, 2.75) is 37.6 Å². The zero-order valence-electron chi connectivity index (χ0n) is 15.4. The molecule has 27 heavy (non-hydrogen) atoms. The van der Waals surface area contributed by atoms with E-state index in [1.807, 2.05) is 18.3 Å². The van der Waals surface area contributed by atoms with Crippen LogP contribution in [0.2, 0.25) is 0 Å². The second-order valence-corrected chi connectivity index (χ2v) is 7.19. The molecule has 0 atom stereocenters. The lowest BCUT2D eigenvalue weighted by Crippen LogP contribution is -2.43. The van der Waals surface area contributed by atoms with Crippen LogP contribution in [0.5, 0.6) is 0 Å². The molecule has 7 heteroatoms. The summed E-state index contributed by atoms with van der Waals surface area (Å²) in [6, 6.07) is 6.24. The highest BCUT2D eigenvalue weighted by molar-refractivity contribution is 5.76. The number of aryl methyl sites for hydroxylation is 1. The average molecular weight is 367 g/mol. The maximum absolute atomic E-state index is 12.1. The van der Waals surface area contributed by atoms with Crippen LogP contribution in [-0.4, -0.2) is 53.2 Å². The second kappa shape index (κ2) is 8.43. The Balaban J connectivity index is 1.24. The summed E-state index contributed by atoms with van der Waals surface area (Å²) < 4.78 is 5.40. The lowest BCUT2D eigenvalue weighted by atomic mass is 9.78. The third-order valence-electron chi connectivity index (χ3n) is 5.29. The van der Waals surface area contributed by atoms with Crippen LogP contribution in [0, 0.1) is 0 Å². The van der Waals surface area contributed by atoms with Crippen molar-refractivity contribution in [1.29, 1.82) is 0 Å². The van der Waals surface area contributed by atoms with E-state index < -0.39 is 0 Å². The van der Waals surface area contributed by atoms with Gasteiger partial charge in [0.2, 0.25) is 5.91 Å². The number of amides is 1. The highest BCUT2D eigenvalue weighted by Crippen LogP contribution is 2.36. The number of pyridine rings is 1. The molecule has 142 valence electrons. The molecule has 1 aliphatic carbocycles. The lowest BCUT2D eigenvalue weighted by molar-refractivity contribution is -0.122. The Morgan fingerprint density at radius 3 is 2.89 bits per heavy atom. The number of nitrogens with one attached hydrogen (secondary N) is 1. The molecule has 2 aromatic heterocycles. The van der Waals surface area contributed by atoms with E-state index >= 15 is 0 Å². The maximum atomic E-state index is 12.1. The van der Waals surface area contributed by atoms with Gasteiger partial charge in [0.1, 0.15) is 12.1 Å². The molecule has 2 aromatic rings. The molecule has 7 nitrogen and oxygen atoms in total. The van der Waals surface area contributed by atoms with Gasteiger partial charge in [-0.1, -0.05) is 6.07 Å². The summed E-state index contributed by atoms with van der Waals surface area (Å²) in [5.41, 5.74) is 2.17. The fourth-order valence-corrected chi connectivity index (χ4v) is 3.63. The van der Waals surface area contributed by atoms with Crippen LogP contribution in [0.15, 0.2) is 36.9 Å². The molecule has 0 unspecified atom stereocenters. The summed E-state index contributed by atoms with van der Waals surface area (Å²) in [4.78, 5) is 27.3. The molecule has 1 amide bonds. The molecule has 0 bridgehead atoms. The second-order valence-electron chi connectivity index (χ2n) is 7.19. The molecule has 0 spiro atoms. The maximum Gasteiger partial charge on any atom is 0.220 e. The first kappa shape index (κ1) is 17.9. The molecule has 2 fully saturated rings. The summed E-state index contributed by atoms with van der Waals surface area (Å²) in [5, 5.41) is 3.13. The predicted octanol–water partition coefficient (Wildman–Crippen LogP) is 1.70. The Morgan fingerprint density at radius 2 is 2.11 bits per heavy atom. The van der Waals surface area contributed by atoms with Gasteiger partial charge in [-0.05, 0) is 30.9 Å². The van der Waals surface area contributed by atoms with Crippen molar-refractivity contribution >= 4 is 11.7 Å². The van der Waals surface area contributed by atoms with E-state index in [0.717, 1.165) is 62.6 Å². The van der Waals surface area contributed by atoms with Crippen LogP contribution in [0.4, 0.5) is 5.82 Å². The normalized spacial score (nSPS) is 22.1. The highest BCUT2D eigenvalue weighted by Gasteiger charge is 2.32. The topological polar surface area (TPSA) is 80.2 Å². The van der Waals surface area contributed by atoms with Crippen LogP contribution in [-0.2, 0) is 16.0 Å². The monoisotopic (exact) mass is 367 g/mol. The molecule has 3 heterocycles. The molecule has 1 saturated heterocycles. The number of carbonyl (C=O) groups excluding carboxylic acids is 1. The molecule has 0 aromatic carbocycles. The first-order valence-electron chi connectivity index (χ1n) is 9.61. The zero-order valence-corrected chi connectivity index (χ0v) is 15.4. The minimum absolute atomic E-state index is 0.110. The Hall–Kier alpha value is -2.54. The number of hydrogen-bond donors (Lipinski definition) is 1. The van der Waals surface area contributed by atoms with Crippen LogP contribution in [0.25, 0.3) is 0 Å². The Kier molecular flexibility index (Phi) is 5.58. The summed E-state index contributed by atoms with van der Waals surface area (Å²) in [6.45, 7) is 3.24. The van der Waals surface area contributed by atoms with Crippen molar-refractivity contribution in [1.82, 2.24) is 20.3 Å². The Labute approximate surface area is 159 Å². The van der Waals surface area contributed by atoms with Gasteiger partial charge in [-0.3, -0.25) is 9.78 Å². The van der Waals surface area contributed by atoms with Crippen molar-refractivity contribution in [3.63, 3.8) is 0 Å². The van der Waals surface area contributed by atoms with E-state index in [2.05, 4.69) is 31.2 Å². The molecule has 1 N–H and O–H groups in total. The number of hydrogen-bond acceptors (Lipinski definition) is 6. The standard InChI is InChI=1S/C20H25N5O2/c26-20(4-3-15-2-1-5-21-13-15)24-17-10-16(11-17)18-12-19(23-14-22-18)25-6-8-27-9-7-25/h1-2,5,12-14,16-17H,3-4,6-11H2,(H,24,26).